The molecule has 0 aliphatic carbocycles. The molecule has 0 radical (unpaired) electrons. The Morgan fingerprint density at radius 2 is 2.00 bits per heavy atom. The van der Waals surface area contributed by atoms with E-state index in [1.807, 2.05) is 36.4 Å². The number of nitrogens with one attached hydrogen (secondary N) is 2. The summed E-state index contributed by atoms with van der Waals surface area (Å²) in [5.74, 6) is 1.87. The normalized spacial score (nSPS) is 17.8. The van der Waals surface area contributed by atoms with Crippen molar-refractivity contribution >= 4 is 18.3 Å². The molecule has 2 heterocycles. The van der Waals surface area contributed by atoms with E-state index in [1.165, 1.54) is 0 Å². The van der Waals surface area contributed by atoms with Crippen molar-refractivity contribution < 1.29 is 14.3 Å². The minimum absolute atomic E-state index is 0. The van der Waals surface area contributed by atoms with Gasteiger partial charge < -0.3 is 20.1 Å². The molecule has 1 unspecified atom stereocenters. The minimum Gasteiger partial charge on any atom is -0.454 e. The van der Waals surface area contributed by atoms with E-state index in [1.54, 1.807) is 0 Å². The second-order valence-electron chi connectivity index (χ2n) is 6.15. The summed E-state index contributed by atoms with van der Waals surface area (Å²) in [6.45, 7) is 2.67. The van der Waals surface area contributed by atoms with Crippen LogP contribution >= 0.6 is 12.4 Å². The van der Waals surface area contributed by atoms with E-state index in [2.05, 4.69) is 16.7 Å². The van der Waals surface area contributed by atoms with Crippen LogP contribution < -0.4 is 20.1 Å². The second kappa shape index (κ2) is 7.76. The van der Waals surface area contributed by atoms with Crippen molar-refractivity contribution in [1.29, 1.82) is 0 Å². The van der Waals surface area contributed by atoms with Gasteiger partial charge in [-0.15, -0.1) is 12.4 Å². The number of ether oxygens (including phenoxy) is 2. The number of carbonyl (C=O) groups excluding carboxylic acids is 1. The quantitative estimate of drug-likeness (QED) is 0.880. The van der Waals surface area contributed by atoms with E-state index in [0.717, 1.165) is 47.7 Å². The molecule has 132 valence electrons. The first kappa shape index (κ1) is 17.6. The predicted octanol–water partition coefficient (Wildman–Crippen LogP) is 2.84. The van der Waals surface area contributed by atoms with E-state index in [4.69, 9.17) is 9.47 Å². The molecule has 2 aromatic rings. The lowest BCUT2D eigenvalue weighted by atomic mass is 9.93. The van der Waals surface area contributed by atoms with Crippen LogP contribution in [0.1, 0.15) is 33.8 Å². The van der Waals surface area contributed by atoms with Crippen LogP contribution in [0.5, 0.6) is 11.5 Å². The molecule has 1 atom stereocenters. The smallest absolute Gasteiger partial charge is 0.251 e. The lowest BCUT2D eigenvalue weighted by molar-refractivity contribution is 0.0949. The molecule has 0 spiro atoms. The Kier molecular flexibility index (Phi) is 5.46. The van der Waals surface area contributed by atoms with Crippen LogP contribution in [0.4, 0.5) is 0 Å². The molecule has 2 aliphatic rings. The first-order valence-corrected chi connectivity index (χ1v) is 8.27. The molecule has 1 amide bonds. The molecule has 0 aromatic heterocycles. The maximum absolute atomic E-state index is 12.6. The van der Waals surface area contributed by atoms with E-state index in [-0.39, 0.29) is 25.1 Å². The van der Waals surface area contributed by atoms with Gasteiger partial charge in [-0.05, 0) is 48.2 Å². The van der Waals surface area contributed by atoms with Crippen LogP contribution in [0.2, 0.25) is 0 Å². The molecule has 25 heavy (non-hydrogen) atoms. The maximum Gasteiger partial charge on any atom is 0.251 e. The van der Waals surface area contributed by atoms with Crippen molar-refractivity contribution in [3.05, 3.63) is 59.2 Å². The molecule has 5 nitrogen and oxygen atoms in total. The molecule has 1 saturated heterocycles. The number of halogens is 1. The Bertz CT molecular complexity index is 760. The third-order valence-electron chi connectivity index (χ3n) is 4.60. The lowest BCUT2D eigenvalue weighted by Crippen LogP contribution is -2.24. The Morgan fingerprint density at radius 1 is 1.16 bits per heavy atom. The number of hydrogen-bond acceptors (Lipinski definition) is 4. The van der Waals surface area contributed by atoms with Crippen molar-refractivity contribution in [2.45, 2.75) is 18.9 Å². The van der Waals surface area contributed by atoms with Gasteiger partial charge in [0.15, 0.2) is 11.5 Å². The predicted molar refractivity (Wildman–Crippen MR) is 97.7 cm³/mol. The van der Waals surface area contributed by atoms with Gasteiger partial charge in [0.05, 0.1) is 0 Å². The molecular weight excluding hydrogens is 340 g/mol. The molecule has 4 rings (SSSR count). The van der Waals surface area contributed by atoms with Gasteiger partial charge in [-0.3, -0.25) is 4.79 Å². The van der Waals surface area contributed by atoms with Gasteiger partial charge in [0.25, 0.3) is 5.91 Å². The summed E-state index contributed by atoms with van der Waals surface area (Å²) < 4.78 is 10.7. The van der Waals surface area contributed by atoms with Crippen molar-refractivity contribution in [3.8, 4) is 11.5 Å². The second-order valence-corrected chi connectivity index (χ2v) is 6.15. The zero-order chi connectivity index (χ0) is 16.4. The number of fused-ring (bicyclic) bond motifs is 1. The van der Waals surface area contributed by atoms with E-state index < -0.39 is 0 Å². The largest absolute Gasteiger partial charge is 0.454 e. The minimum atomic E-state index is -0.0323. The standard InChI is InChI=1S/C19H20N2O3.ClH/c22-19(16-4-2-1-3-15(16)14-7-8-20-11-14)21-10-13-5-6-17-18(9-13)24-12-23-17;/h1-6,9,14,20H,7-8,10-12H2,(H,21,22);1H. The summed E-state index contributed by atoms with van der Waals surface area (Å²) in [5, 5.41) is 6.38. The van der Waals surface area contributed by atoms with E-state index in [0.29, 0.717) is 12.5 Å². The third kappa shape index (κ3) is 3.72. The van der Waals surface area contributed by atoms with Crippen LogP contribution in [-0.4, -0.2) is 25.8 Å². The highest BCUT2D eigenvalue weighted by atomic mass is 35.5. The molecule has 1 fully saturated rings. The zero-order valence-corrected chi connectivity index (χ0v) is 14.6. The summed E-state index contributed by atoms with van der Waals surface area (Å²) in [7, 11) is 0. The fourth-order valence-electron chi connectivity index (χ4n) is 3.31. The number of carbonyl (C=O) groups is 1. The summed E-state index contributed by atoms with van der Waals surface area (Å²) in [5.41, 5.74) is 2.89. The Balaban J connectivity index is 0.00000182. The fraction of sp³-hybridized carbons (Fsp3) is 0.316. The fourth-order valence-corrected chi connectivity index (χ4v) is 3.31. The summed E-state index contributed by atoms with van der Waals surface area (Å²) >= 11 is 0. The highest BCUT2D eigenvalue weighted by Crippen LogP contribution is 2.32. The Labute approximate surface area is 153 Å². The lowest BCUT2D eigenvalue weighted by Gasteiger charge is -2.14. The van der Waals surface area contributed by atoms with Gasteiger partial charge in [0.2, 0.25) is 6.79 Å². The van der Waals surface area contributed by atoms with Crippen molar-refractivity contribution in [3.63, 3.8) is 0 Å². The van der Waals surface area contributed by atoms with Gasteiger partial charge in [-0.1, -0.05) is 24.3 Å². The number of hydrogen-bond donors (Lipinski definition) is 2. The molecular formula is C19H21ClN2O3. The van der Waals surface area contributed by atoms with Crippen LogP contribution in [-0.2, 0) is 6.54 Å². The van der Waals surface area contributed by atoms with Crippen LogP contribution in [0, 0.1) is 0 Å². The Hall–Kier alpha value is -2.24. The first-order valence-electron chi connectivity index (χ1n) is 8.27. The maximum atomic E-state index is 12.6. The average Bonchev–Trinajstić information content (AvgIpc) is 3.30. The molecule has 0 bridgehead atoms. The van der Waals surface area contributed by atoms with E-state index in [9.17, 15) is 4.79 Å². The Morgan fingerprint density at radius 3 is 2.84 bits per heavy atom. The van der Waals surface area contributed by atoms with Gasteiger partial charge in [0.1, 0.15) is 0 Å². The molecule has 2 aliphatic heterocycles. The van der Waals surface area contributed by atoms with Gasteiger partial charge in [-0.2, -0.15) is 0 Å². The monoisotopic (exact) mass is 360 g/mol. The number of rotatable bonds is 4. The van der Waals surface area contributed by atoms with Crippen molar-refractivity contribution in [2.75, 3.05) is 19.9 Å². The molecule has 2 aromatic carbocycles. The van der Waals surface area contributed by atoms with Crippen molar-refractivity contribution in [1.82, 2.24) is 10.6 Å². The topological polar surface area (TPSA) is 59.6 Å². The van der Waals surface area contributed by atoms with Crippen LogP contribution in [0.3, 0.4) is 0 Å². The van der Waals surface area contributed by atoms with Gasteiger partial charge >= 0.3 is 0 Å². The SMILES string of the molecule is Cl.O=C(NCc1ccc2c(c1)OCO2)c1ccccc1C1CCNC1. The summed E-state index contributed by atoms with van der Waals surface area (Å²) in [6.07, 6.45) is 1.08. The van der Waals surface area contributed by atoms with Gasteiger partial charge in [-0.25, -0.2) is 0 Å². The highest BCUT2D eigenvalue weighted by Gasteiger charge is 2.22. The summed E-state index contributed by atoms with van der Waals surface area (Å²) in [6, 6.07) is 13.6. The van der Waals surface area contributed by atoms with Gasteiger partial charge in [0, 0.05) is 18.7 Å². The molecule has 2 N–H and O–H groups in total. The van der Waals surface area contributed by atoms with Crippen LogP contribution in [0.25, 0.3) is 0 Å². The summed E-state index contributed by atoms with van der Waals surface area (Å²) in [4.78, 5) is 12.6. The number of benzene rings is 2. The average molecular weight is 361 g/mol. The third-order valence-corrected chi connectivity index (χ3v) is 4.60. The van der Waals surface area contributed by atoms with Crippen molar-refractivity contribution in [2.24, 2.45) is 0 Å². The highest BCUT2D eigenvalue weighted by molar-refractivity contribution is 5.95. The first-order chi connectivity index (χ1) is 11.8. The molecule has 0 saturated carbocycles. The molecule has 6 heteroatoms. The number of amides is 1. The zero-order valence-electron chi connectivity index (χ0n) is 13.8. The van der Waals surface area contributed by atoms with E-state index >= 15 is 0 Å². The van der Waals surface area contributed by atoms with Crippen LogP contribution in [0.15, 0.2) is 42.5 Å².